The van der Waals surface area contributed by atoms with Crippen molar-refractivity contribution in [3.05, 3.63) is 54.0 Å². The first-order valence-electron chi connectivity index (χ1n) is 10.1. The van der Waals surface area contributed by atoms with E-state index in [-0.39, 0.29) is 5.56 Å². The summed E-state index contributed by atoms with van der Waals surface area (Å²) in [5, 5.41) is 20.4. The van der Waals surface area contributed by atoms with Gasteiger partial charge in [-0.1, -0.05) is 12.1 Å². The average molecular weight is 406 g/mol. The largest absolute Gasteiger partial charge is 0.478 e. The molecule has 30 heavy (non-hydrogen) atoms. The third-order valence-corrected chi connectivity index (χ3v) is 5.43. The van der Waals surface area contributed by atoms with Crippen LogP contribution in [0.25, 0.3) is 11.3 Å². The fraction of sp³-hybridized carbons (Fsp3) is 0.364. The number of carboxylic acid groups (broad SMARTS) is 1. The highest BCUT2D eigenvalue weighted by Gasteiger charge is 2.25. The van der Waals surface area contributed by atoms with Crippen molar-refractivity contribution in [1.29, 1.82) is 0 Å². The Bertz CT molecular complexity index is 1040. The Labute approximate surface area is 175 Å². The van der Waals surface area contributed by atoms with Gasteiger partial charge in [0.15, 0.2) is 0 Å². The summed E-state index contributed by atoms with van der Waals surface area (Å²) < 4.78 is 2.02. The van der Waals surface area contributed by atoms with Crippen LogP contribution in [0.5, 0.6) is 0 Å². The molecule has 1 aromatic carbocycles. The van der Waals surface area contributed by atoms with E-state index in [1.165, 1.54) is 0 Å². The first-order chi connectivity index (χ1) is 14.4. The van der Waals surface area contributed by atoms with E-state index in [1.807, 2.05) is 17.8 Å². The molecular formula is C22H26N6O2. The van der Waals surface area contributed by atoms with E-state index in [2.05, 4.69) is 39.5 Å². The van der Waals surface area contributed by atoms with Crippen LogP contribution in [0.1, 0.15) is 48.7 Å². The Morgan fingerprint density at radius 3 is 2.53 bits per heavy atom. The van der Waals surface area contributed by atoms with Crippen LogP contribution in [-0.2, 0) is 0 Å². The first-order valence-corrected chi connectivity index (χ1v) is 10.1. The molecule has 2 aromatic heterocycles. The highest BCUT2D eigenvalue weighted by atomic mass is 16.4. The maximum Gasteiger partial charge on any atom is 0.335 e. The van der Waals surface area contributed by atoms with E-state index < -0.39 is 5.97 Å². The molecular weight excluding hydrogens is 380 g/mol. The summed E-state index contributed by atoms with van der Waals surface area (Å²) in [6.07, 6.45) is 7.64. The fourth-order valence-corrected chi connectivity index (χ4v) is 4.05. The molecule has 8 heteroatoms. The van der Waals surface area contributed by atoms with E-state index in [0.717, 1.165) is 35.3 Å². The summed E-state index contributed by atoms with van der Waals surface area (Å²) in [5.74, 6) is -0.470. The van der Waals surface area contributed by atoms with Crippen molar-refractivity contribution in [2.45, 2.75) is 51.7 Å². The molecule has 0 aliphatic carbocycles. The van der Waals surface area contributed by atoms with Crippen molar-refractivity contribution in [2.24, 2.45) is 0 Å². The van der Waals surface area contributed by atoms with Crippen LogP contribution in [0.3, 0.4) is 0 Å². The number of aromatic nitrogens is 4. The third-order valence-electron chi connectivity index (χ3n) is 5.43. The molecule has 1 saturated heterocycles. The van der Waals surface area contributed by atoms with Crippen LogP contribution in [0.4, 0.5) is 11.6 Å². The topological polar surface area (TPSA) is 105 Å². The quantitative estimate of drug-likeness (QED) is 0.592. The molecule has 0 saturated carbocycles. The Hall–Kier alpha value is -3.26. The van der Waals surface area contributed by atoms with Crippen LogP contribution in [-0.4, -0.2) is 42.9 Å². The predicted molar refractivity (Wildman–Crippen MR) is 115 cm³/mol. The predicted octanol–water partition coefficient (Wildman–Crippen LogP) is 3.79. The SMILES string of the molecule is Cc1cnc(Nc2cnn([C@H]3C[C@@H](C)N[C@@H](C)C3)c2)nc1-c1ccc(C(=O)O)cc1. The smallest absolute Gasteiger partial charge is 0.335 e. The molecule has 3 aromatic rings. The molecule has 0 bridgehead atoms. The fourth-order valence-electron chi connectivity index (χ4n) is 4.05. The molecule has 1 fully saturated rings. The Balaban J connectivity index is 1.52. The molecule has 8 nitrogen and oxygen atoms in total. The van der Waals surface area contributed by atoms with Crippen LogP contribution in [0.15, 0.2) is 42.9 Å². The summed E-state index contributed by atoms with van der Waals surface area (Å²) in [6.45, 7) is 6.34. The number of carbonyl (C=O) groups is 1. The van der Waals surface area contributed by atoms with Crippen LogP contribution < -0.4 is 10.6 Å². The molecule has 0 unspecified atom stereocenters. The van der Waals surface area contributed by atoms with Gasteiger partial charge in [0.05, 0.1) is 29.2 Å². The Kier molecular flexibility index (Phi) is 5.50. The molecule has 3 N–H and O–H groups in total. The lowest BCUT2D eigenvalue weighted by Gasteiger charge is -2.32. The number of hydrogen-bond acceptors (Lipinski definition) is 6. The molecule has 0 radical (unpaired) electrons. The number of hydrogen-bond donors (Lipinski definition) is 3. The van der Waals surface area contributed by atoms with Crippen molar-refractivity contribution in [3.63, 3.8) is 0 Å². The number of nitrogens with zero attached hydrogens (tertiary/aromatic N) is 4. The van der Waals surface area contributed by atoms with Crippen LogP contribution in [0.2, 0.25) is 0 Å². The molecule has 1 aliphatic rings. The molecule has 0 amide bonds. The maximum absolute atomic E-state index is 11.1. The summed E-state index contributed by atoms with van der Waals surface area (Å²) in [5.41, 5.74) is 3.61. The number of benzene rings is 1. The van der Waals surface area contributed by atoms with Gasteiger partial charge in [-0.15, -0.1) is 0 Å². The van der Waals surface area contributed by atoms with Gasteiger partial charge >= 0.3 is 5.97 Å². The zero-order valence-corrected chi connectivity index (χ0v) is 17.3. The van der Waals surface area contributed by atoms with E-state index in [4.69, 9.17) is 5.11 Å². The molecule has 4 rings (SSSR count). The third kappa shape index (κ3) is 4.33. The highest BCUT2D eigenvalue weighted by Crippen LogP contribution is 2.27. The van der Waals surface area contributed by atoms with Gasteiger partial charge < -0.3 is 15.7 Å². The zero-order chi connectivity index (χ0) is 21.3. The number of nitrogens with one attached hydrogen (secondary N) is 2. The number of aromatic carboxylic acids is 1. The van der Waals surface area contributed by atoms with Crippen molar-refractivity contribution in [2.75, 3.05) is 5.32 Å². The lowest BCUT2D eigenvalue weighted by atomic mass is 9.95. The average Bonchev–Trinajstić information content (AvgIpc) is 3.17. The zero-order valence-electron chi connectivity index (χ0n) is 17.3. The van der Waals surface area contributed by atoms with Crippen molar-refractivity contribution >= 4 is 17.6 Å². The van der Waals surface area contributed by atoms with Gasteiger partial charge in [-0.2, -0.15) is 5.10 Å². The van der Waals surface area contributed by atoms with Gasteiger partial charge in [0.25, 0.3) is 0 Å². The maximum atomic E-state index is 11.1. The van der Waals surface area contributed by atoms with Gasteiger partial charge in [0, 0.05) is 30.0 Å². The van der Waals surface area contributed by atoms with E-state index in [0.29, 0.717) is 24.1 Å². The van der Waals surface area contributed by atoms with Crippen LogP contribution in [0, 0.1) is 6.92 Å². The first kappa shape index (κ1) is 20.0. The molecule has 156 valence electrons. The summed E-state index contributed by atoms with van der Waals surface area (Å²) in [6, 6.07) is 7.99. The summed E-state index contributed by atoms with van der Waals surface area (Å²) in [4.78, 5) is 20.1. The number of anilines is 2. The number of piperidine rings is 1. The molecule has 3 atom stereocenters. The minimum absolute atomic E-state index is 0.248. The van der Waals surface area contributed by atoms with Crippen molar-refractivity contribution in [1.82, 2.24) is 25.1 Å². The second-order valence-corrected chi connectivity index (χ2v) is 8.04. The highest BCUT2D eigenvalue weighted by molar-refractivity contribution is 5.88. The van der Waals surface area contributed by atoms with Gasteiger partial charge in [0.2, 0.25) is 5.95 Å². The summed E-state index contributed by atoms with van der Waals surface area (Å²) >= 11 is 0. The minimum Gasteiger partial charge on any atom is -0.478 e. The second-order valence-electron chi connectivity index (χ2n) is 8.04. The van der Waals surface area contributed by atoms with Crippen molar-refractivity contribution in [3.8, 4) is 11.3 Å². The van der Waals surface area contributed by atoms with Gasteiger partial charge in [0.1, 0.15) is 0 Å². The van der Waals surface area contributed by atoms with Gasteiger partial charge in [-0.25, -0.2) is 14.8 Å². The minimum atomic E-state index is -0.946. The molecule has 0 spiro atoms. The number of carboxylic acids is 1. The molecule has 3 heterocycles. The van der Waals surface area contributed by atoms with Gasteiger partial charge in [-0.3, -0.25) is 4.68 Å². The molecule has 1 aliphatic heterocycles. The monoisotopic (exact) mass is 406 g/mol. The van der Waals surface area contributed by atoms with E-state index in [1.54, 1.807) is 36.7 Å². The Morgan fingerprint density at radius 1 is 1.17 bits per heavy atom. The van der Waals surface area contributed by atoms with Crippen molar-refractivity contribution < 1.29 is 9.90 Å². The normalized spacial score (nSPS) is 21.4. The standard InChI is InChI=1S/C22H26N6O2/c1-13-10-23-22(27-20(13)16-4-6-17(7-5-16)21(29)30)26-18-11-24-28(12-18)19-8-14(2)25-15(3)9-19/h4-7,10-12,14-15,19,25H,8-9H2,1-3H3,(H,29,30)(H,23,26,27)/t14-,15+,19+. The number of aryl methyl sites for hydroxylation is 1. The van der Waals surface area contributed by atoms with Crippen LogP contribution >= 0.6 is 0 Å². The summed E-state index contributed by atoms with van der Waals surface area (Å²) in [7, 11) is 0. The Morgan fingerprint density at radius 2 is 1.87 bits per heavy atom. The second kappa shape index (κ2) is 8.23. The lowest BCUT2D eigenvalue weighted by molar-refractivity contribution is 0.0697. The van der Waals surface area contributed by atoms with E-state index >= 15 is 0 Å². The lowest BCUT2D eigenvalue weighted by Crippen LogP contribution is -2.43. The van der Waals surface area contributed by atoms with E-state index in [9.17, 15) is 4.79 Å². The van der Waals surface area contributed by atoms with Gasteiger partial charge in [-0.05, 0) is 51.3 Å². The number of rotatable bonds is 5.